The summed E-state index contributed by atoms with van der Waals surface area (Å²) in [7, 11) is 0. The lowest BCUT2D eigenvalue weighted by atomic mass is 10.2. The maximum absolute atomic E-state index is 14.2. The zero-order valence-electron chi connectivity index (χ0n) is 15.3. The predicted molar refractivity (Wildman–Crippen MR) is 103 cm³/mol. The third-order valence-electron chi connectivity index (χ3n) is 4.63. The summed E-state index contributed by atoms with van der Waals surface area (Å²) in [6, 6.07) is 7.98. The van der Waals surface area contributed by atoms with Gasteiger partial charge in [0.05, 0.1) is 15.9 Å². The number of carbonyl (C=O) groups is 3. The molecule has 1 fully saturated rings. The molecule has 1 aromatic heterocycles. The number of halogens is 2. The minimum atomic E-state index is -0.712. The van der Waals surface area contributed by atoms with Crippen LogP contribution in [0.3, 0.4) is 0 Å². The van der Waals surface area contributed by atoms with Crippen LogP contribution in [0.25, 0.3) is 10.2 Å². The molecule has 0 bridgehead atoms. The fourth-order valence-corrected chi connectivity index (χ4v) is 4.41. The molecule has 0 spiro atoms. The highest BCUT2D eigenvalue weighted by atomic mass is 32.1. The molecule has 0 radical (unpaired) electrons. The Kier molecular flexibility index (Phi) is 4.83. The van der Waals surface area contributed by atoms with Gasteiger partial charge >= 0.3 is 0 Å². The molecule has 3 aromatic rings. The van der Waals surface area contributed by atoms with Gasteiger partial charge in [-0.2, -0.15) is 4.99 Å². The molecule has 0 N–H and O–H groups in total. The third-order valence-corrected chi connectivity index (χ3v) is 5.66. The van der Waals surface area contributed by atoms with Gasteiger partial charge in [0, 0.05) is 31.0 Å². The standard InChI is InChI=1S/C20H15F2N3O3S/c1-2-24-18-14(22)9-12(21)10-15(18)29-20(24)23-19(28)11-3-5-13(6-4-11)25-16(26)7-8-17(25)27/h3-6,9-10H,2,7-8H2,1H3. The lowest BCUT2D eigenvalue weighted by Gasteiger charge is -2.13. The molecular formula is C20H15F2N3O3S. The van der Waals surface area contributed by atoms with E-state index in [0.29, 0.717) is 16.9 Å². The van der Waals surface area contributed by atoms with Crippen LogP contribution in [-0.4, -0.2) is 22.3 Å². The third kappa shape index (κ3) is 3.38. The van der Waals surface area contributed by atoms with Gasteiger partial charge in [0.25, 0.3) is 5.91 Å². The molecule has 0 aliphatic carbocycles. The monoisotopic (exact) mass is 415 g/mol. The normalized spacial score (nSPS) is 15.0. The maximum atomic E-state index is 14.2. The Balaban J connectivity index is 1.70. The van der Waals surface area contributed by atoms with Crippen molar-refractivity contribution in [2.24, 2.45) is 4.99 Å². The van der Waals surface area contributed by atoms with Gasteiger partial charge < -0.3 is 4.57 Å². The lowest BCUT2D eigenvalue weighted by molar-refractivity contribution is -0.121. The van der Waals surface area contributed by atoms with Crippen LogP contribution in [0.1, 0.15) is 30.1 Å². The minimum Gasteiger partial charge on any atom is -0.314 e. The van der Waals surface area contributed by atoms with E-state index in [1.807, 2.05) is 0 Å². The number of hydrogen-bond donors (Lipinski definition) is 0. The number of rotatable bonds is 3. The largest absolute Gasteiger partial charge is 0.314 e. The molecule has 0 unspecified atom stereocenters. The average molecular weight is 415 g/mol. The van der Waals surface area contributed by atoms with Gasteiger partial charge in [0.15, 0.2) is 10.6 Å². The van der Waals surface area contributed by atoms with E-state index in [9.17, 15) is 23.2 Å². The Labute approximate surface area is 167 Å². The highest BCUT2D eigenvalue weighted by molar-refractivity contribution is 7.16. The molecule has 29 heavy (non-hydrogen) atoms. The quantitative estimate of drug-likeness (QED) is 0.616. The number of hydrogen-bond acceptors (Lipinski definition) is 4. The van der Waals surface area contributed by atoms with E-state index in [-0.39, 0.29) is 40.5 Å². The molecule has 4 rings (SSSR count). The number of fused-ring (bicyclic) bond motifs is 1. The van der Waals surface area contributed by atoms with Crippen LogP contribution in [0.2, 0.25) is 0 Å². The van der Waals surface area contributed by atoms with Crippen molar-refractivity contribution in [1.29, 1.82) is 0 Å². The highest BCUT2D eigenvalue weighted by Crippen LogP contribution is 2.24. The number of nitrogens with zero attached hydrogens (tertiary/aromatic N) is 3. The van der Waals surface area contributed by atoms with Crippen molar-refractivity contribution in [3.63, 3.8) is 0 Å². The first-order valence-electron chi connectivity index (χ1n) is 8.92. The summed E-state index contributed by atoms with van der Waals surface area (Å²) in [5.41, 5.74) is 0.851. The van der Waals surface area contributed by atoms with E-state index in [2.05, 4.69) is 4.99 Å². The van der Waals surface area contributed by atoms with E-state index >= 15 is 0 Å². The molecule has 2 aromatic carbocycles. The molecule has 3 amide bonds. The molecule has 2 heterocycles. The van der Waals surface area contributed by atoms with Gasteiger partial charge in [-0.25, -0.2) is 8.78 Å². The van der Waals surface area contributed by atoms with Gasteiger partial charge in [-0.1, -0.05) is 11.3 Å². The van der Waals surface area contributed by atoms with Crippen molar-refractivity contribution in [2.45, 2.75) is 26.3 Å². The second-order valence-corrected chi connectivity index (χ2v) is 7.46. The van der Waals surface area contributed by atoms with Crippen LogP contribution in [0.15, 0.2) is 41.4 Å². The summed E-state index contributed by atoms with van der Waals surface area (Å²) in [5, 5.41) is 0. The first-order chi connectivity index (χ1) is 13.9. The Morgan fingerprint density at radius 2 is 1.76 bits per heavy atom. The molecule has 1 aliphatic rings. The molecule has 0 atom stereocenters. The fraction of sp³-hybridized carbons (Fsp3) is 0.200. The number of amides is 3. The first kappa shape index (κ1) is 19.1. The molecular weight excluding hydrogens is 400 g/mol. The number of benzene rings is 2. The molecule has 0 saturated carbocycles. The molecule has 9 heteroatoms. The van der Waals surface area contributed by atoms with E-state index < -0.39 is 17.5 Å². The van der Waals surface area contributed by atoms with Gasteiger partial charge in [-0.15, -0.1) is 0 Å². The first-order valence-corrected chi connectivity index (χ1v) is 9.74. The molecule has 148 valence electrons. The van der Waals surface area contributed by atoms with Crippen molar-refractivity contribution in [2.75, 3.05) is 4.90 Å². The van der Waals surface area contributed by atoms with Crippen LogP contribution < -0.4 is 9.70 Å². The summed E-state index contributed by atoms with van der Waals surface area (Å²) in [6.07, 6.45) is 0.351. The SMILES string of the molecule is CCn1c(=NC(=O)c2ccc(N3C(=O)CCC3=O)cc2)sc2cc(F)cc(F)c21. The lowest BCUT2D eigenvalue weighted by Crippen LogP contribution is -2.28. The maximum Gasteiger partial charge on any atom is 0.279 e. The topological polar surface area (TPSA) is 71.7 Å². The summed E-state index contributed by atoms with van der Waals surface area (Å²) < 4.78 is 29.6. The zero-order chi connectivity index (χ0) is 20.7. The zero-order valence-corrected chi connectivity index (χ0v) is 16.1. The number of aromatic nitrogens is 1. The summed E-state index contributed by atoms with van der Waals surface area (Å²) in [5.74, 6) is -2.52. The minimum absolute atomic E-state index is 0.176. The number of carbonyl (C=O) groups excluding carboxylic acids is 3. The molecule has 1 aliphatic heterocycles. The predicted octanol–water partition coefficient (Wildman–Crippen LogP) is 3.40. The van der Waals surface area contributed by atoms with Crippen molar-refractivity contribution in [3.8, 4) is 0 Å². The van der Waals surface area contributed by atoms with Gasteiger partial charge in [-0.05, 0) is 37.3 Å². The van der Waals surface area contributed by atoms with Crippen molar-refractivity contribution in [1.82, 2.24) is 4.57 Å². The summed E-state index contributed by atoms with van der Waals surface area (Å²) in [4.78, 5) is 41.6. The van der Waals surface area contributed by atoms with Crippen molar-refractivity contribution in [3.05, 3.63) is 58.4 Å². The fourth-order valence-electron chi connectivity index (χ4n) is 3.28. The van der Waals surface area contributed by atoms with E-state index in [1.165, 1.54) is 34.9 Å². The Morgan fingerprint density at radius 3 is 2.38 bits per heavy atom. The number of thiazole rings is 1. The second kappa shape index (κ2) is 7.32. The summed E-state index contributed by atoms with van der Waals surface area (Å²) in [6.45, 7) is 2.13. The number of anilines is 1. The van der Waals surface area contributed by atoms with Crippen molar-refractivity contribution < 1.29 is 23.2 Å². The van der Waals surface area contributed by atoms with Crippen molar-refractivity contribution >= 4 is 45.0 Å². The van der Waals surface area contributed by atoms with Gasteiger partial charge in [-0.3, -0.25) is 19.3 Å². The number of aryl methyl sites for hydroxylation is 1. The molecule has 6 nitrogen and oxygen atoms in total. The summed E-state index contributed by atoms with van der Waals surface area (Å²) >= 11 is 1.02. The highest BCUT2D eigenvalue weighted by Gasteiger charge is 2.30. The van der Waals surface area contributed by atoms with E-state index in [1.54, 1.807) is 6.92 Å². The Bertz CT molecular complexity index is 1210. The molecule has 1 saturated heterocycles. The average Bonchev–Trinajstić information content (AvgIpc) is 3.20. The van der Waals surface area contributed by atoms with E-state index in [4.69, 9.17) is 0 Å². The number of imide groups is 1. The van der Waals surface area contributed by atoms with Crippen LogP contribution in [0, 0.1) is 11.6 Å². The van der Waals surface area contributed by atoms with Crippen LogP contribution in [-0.2, 0) is 16.1 Å². The van der Waals surface area contributed by atoms with Gasteiger partial charge in [0.2, 0.25) is 11.8 Å². The Hall–Kier alpha value is -3.20. The van der Waals surface area contributed by atoms with Gasteiger partial charge in [0.1, 0.15) is 5.82 Å². The van der Waals surface area contributed by atoms with Crippen LogP contribution in [0.5, 0.6) is 0 Å². The Morgan fingerprint density at radius 1 is 1.10 bits per heavy atom. The second-order valence-electron chi connectivity index (χ2n) is 6.45. The smallest absolute Gasteiger partial charge is 0.279 e. The van der Waals surface area contributed by atoms with E-state index in [0.717, 1.165) is 22.3 Å². The van der Waals surface area contributed by atoms with Crippen LogP contribution >= 0.6 is 11.3 Å². The van der Waals surface area contributed by atoms with Crippen LogP contribution in [0.4, 0.5) is 14.5 Å².